The first-order valence-corrected chi connectivity index (χ1v) is 10.1. The summed E-state index contributed by atoms with van der Waals surface area (Å²) in [5.74, 6) is 0.161. The molecule has 2 heterocycles. The van der Waals surface area contributed by atoms with Crippen LogP contribution in [0.3, 0.4) is 0 Å². The molecule has 8 nitrogen and oxygen atoms in total. The molecule has 9 heteroatoms. The number of nitrogens with one attached hydrogen (secondary N) is 2. The van der Waals surface area contributed by atoms with Gasteiger partial charge in [-0.3, -0.25) is 4.79 Å². The van der Waals surface area contributed by atoms with Gasteiger partial charge in [0.05, 0.1) is 30.2 Å². The lowest BCUT2D eigenvalue weighted by Crippen LogP contribution is -2.50. The minimum absolute atomic E-state index is 0.0514. The molecule has 2 aliphatic heterocycles. The van der Waals surface area contributed by atoms with Crippen molar-refractivity contribution in [2.45, 2.75) is 13.0 Å². The summed E-state index contributed by atoms with van der Waals surface area (Å²) in [4.78, 5) is 26.6. The number of hydrogen-bond donors (Lipinski definition) is 2. The second kappa shape index (κ2) is 6.99. The fourth-order valence-corrected chi connectivity index (χ4v) is 4.40. The summed E-state index contributed by atoms with van der Waals surface area (Å²) in [5, 5.41) is 5.40. The number of sulfone groups is 1. The zero-order valence-electron chi connectivity index (χ0n) is 14.6. The quantitative estimate of drug-likeness (QED) is 0.799. The van der Waals surface area contributed by atoms with E-state index >= 15 is 0 Å². The fourth-order valence-electron chi connectivity index (χ4n) is 3.20. The molecule has 2 aliphatic rings. The van der Waals surface area contributed by atoms with E-state index in [1.54, 1.807) is 31.2 Å². The van der Waals surface area contributed by atoms with Crippen LogP contribution in [0.25, 0.3) is 0 Å². The normalized spacial score (nSPS) is 22.5. The van der Waals surface area contributed by atoms with Gasteiger partial charge >= 0.3 is 6.03 Å². The van der Waals surface area contributed by atoms with Gasteiger partial charge in [0.15, 0.2) is 9.84 Å². The van der Waals surface area contributed by atoms with Crippen molar-refractivity contribution < 1.29 is 22.7 Å². The van der Waals surface area contributed by atoms with Crippen molar-refractivity contribution in [3.8, 4) is 5.75 Å². The number of methoxy groups -OCH3 is 1. The third-order valence-corrected chi connectivity index (χ3v) is 6.19. The maximum atomic E-state index is 13.1. The molecule has 0 radical (unpaired) electrons. The lowest BCUT2D eigenvalue weighted by molar-refractivity contribution is -0.127. The molecule has 2 N–H and O–H groups in total. The van der Waals surface area contributed by atoms with Gasteiger partial charge in [0.25, 0.3) is 5.91 Å². The summed E-state index contributed by atoms with van der Waals surface area (Å²) in [6.45, 7) is 1.95. The minimum Gasteiger partial charge on any atom is -0.496 e. The van der Waals surface area contributed by atoms with Crippen molar-refractivity contribution in [2.75, 3.05) is 31.7 Å². The molecule has 0 bridgehead atoms. The molecule has 0 aliphatic carbocycles. The van der Waals surface area contributed by atoms with Crippen LogP contribution in [0.2, 0.25) is 0 Å². The smallest absolute Gasteiger partial charge is 0.319 e. The van der Waals surface area contributed by atoms with E-state index in [1.807, 2.05) is 0 Å². The predicted octanol–water partition coefficient (Wildman–Crippen LogP) is 0.580. The second-order valence-electron chi connectivity index (χ2n) is 6.26. The average Bonchev–Trinajstić information content (AvgIpc) is 2.60. The molecule has 1 aromatic rings. The van der Waals surface area contributed by atoms with Crippen molar-refractivity contribution in [3.63, 3.8) is 0 Å². The van der Waals surface area contributed by atoms with Gasteiger partial charge in [0, 0.05) is 24.4 Å². The first kappa shape index (κ1) is 18.2. The number of urea groups is 1. The number of benzene rings is 1. The number of ether oxygens (including phenoxy) is 1. The molecular weight excluding hydrogens is 358 g/mol. The maximum absolute atomic E-state index is 13.1. The Morgan fingerprint density at radius 2 is 1.88 bits per heavy atom. The zero-order chi connectivity index (χ0) is 18.9. The van der Waals surface area contributed by atoms with E-state index in [2.05, 4.69) is 10.6 Å². The van der Waals surface area contributed by atoms with Crippen LogP contribution in [-0.2, 0) is 14.6 Å². The fraction of sp³-hybridized carbons (Fsp3) is 0.412. The van der Waals surface area contributed by atoms with E-state index in [0.717, 1.165) is 0 Å². The van der Waals surface area contributed by atoms with Crippen LogP contribution in [0.5, 0.6) is 5.75 Å². The molecule has 1 aromatic carbocycles. The second-order valence-corrected chi connectivity index (χ2v) is 8.56. The molecule has 0 saturated carbocycles. The largest absolute Gasteiger partial charge is 0.496 e. The number of carbonyl (C=O) groups is 2. The van der Waals surface area contributed by atoms with Gasteiger partial charge in [0.1, 0.15) is 5.75 Å². The van der Waals surface area contributed by atoms with Gasteiger partial charge < -0.3 is 20.3 Å². The molecular formula is C17H21N3O5S. The molecule has 26 heavy (non-hydrogen) atoms. The molecule has 1 fully saturated rings. The number of allylic oxidation sites excluding steroid dienone is 1. The zero-order valence-corrected chi connectivity index (χ0v) is 15.4. The topological polar surface area (TPSA) is 105 Å². The Balaban J connectivity index is 1.97. The van der Waals surface area contributed by atoms with Crippen LogP contribution in [0, 0.1) is 0 Å². The van der Waals surface area contributed by atoms with E-state index < -0.39 is 21.9 Å². The van der Waals surface area contributed by atoms with E-state index in [-0.39, 0.29) is 30.5 Å². The Labute approximate surface area is 152 Å². The standard InChI is InChI=1S/C17H21N3O5S/c1-11-14(16(21)20-7-9-26(23,24)10-8-20)15(19-17(22)18-11)12-5-3-4-6-13(12)25-2/h3-6,15H,7-10H2,1-2H3,(H2,18,19,22). The van der Waals surface area contributed by atoms with Crippen molar-refractivity contribution in [3.05, 3.63) is 41.1 Å². The van der Waals surface area contributed by atoms with E-state index in [0.29, 0.717) is 22.6 Å². The Morgan fingerprint density at radius 1 is 1.23 bits per heavy atom. The van der Waals surface area contributed by atoms with Crippen LogP contribution in [0.15, 0.2) is 35.5 Å². The maximum Gasteiger partial charge on any atom is 0.319 e. The number of amides is 3. The average molecular weight is 379 g/mol. The summed E-state index contributed by atoms with van der Waals surface area (Å²) < 4.78 is 28.6. The molecule has 140 valence electrons. The Morgan fingerprint density at radius 3 is 2.54 bits per heavy atom. The number of carbonyl (C=O) groups excluding carboxylic acids is 2. The molecule has 1 unspecified atom stereocenters. The Hall–Kier alpha value is -2.55. The summed E-state index contributed by atoms with van der Waals surface area (Å²) in [6.07, 6.45) is 0. The van der Waals surface area contributed by atoms with Crippen molar-refractivity contribution in [1.82, 2.24) is 15.5 Å². The van der Waals surface area contributed by atoms with Crippen molar-refractivity contribution >= 4 is 21.8 Å². The molecule has 3 rings (SSSR count). The van der Waals surface area contributed by atoms with Gasteiger partial charge in [-0.2, -0.15) is 0 Å². The number of hydrogen-bond acceptors (Lipinski definition) is 5. The van der Waals surface area contributed by atoms with Crippen LogP contribution in [0.1, 0.15) is 18.5 Å². The Kier molecular flexibility index (Phi) is 4.90. The van der Waals surface area contributed by atoms with Crippen molar-refractivity contribution in [2.24, 2.45) is 0 Å². The lowest BCUT2D eigenvalue weighted by atomic mass is 9.93. The van der Waals surface area contributed by atoms with Gasteiger partial charge in [-0.05, 0) is 13.0 Å². The molecule has 1 atom stereocenters. The summed E-state index contributed by atoms with van der Waals surface area (Å²) in [6, 6.07) is 6.07. The highest BCUT2D eigenvalue weighted by Crippen LogP contribution is 2.33. The van der Waals surface area contributed by atoms with E-state index in [4.69, 9.17) is 4.74 Å². The highest BCUT2D eigenvalue weighted by Gasteiger charge is 2.36. The van der Waals surface area contributed by atoms with E-state index in [1.165, 1.54) is 12.0 Å². The van der Waals surface area contributed by atoms with Crippen LogP contribution in [-0.4, -0.2) is 57.0 Å². The highest BCUT2D eigenvalue weighted by atomic mass is 32.2. The highest BCUT2D eigenvalue weighted by molar-refractivity contribution is 7.91. The van der Waals surface area contributed by atoms with Gasteiger partial charge in [-0.15, -0.1) is 0 Å². The third-order valence-electron chi connectivity index (χ3n) is 4.58. The molecule has 1 saturated heterocycles. The van der Waals surface area contributed by atoms with Gasteiger partial charge in [-0.1, -0.05) is 18.2 Å². The minimum atomic E-state index is -3.09. The summed E-state index contributed by atoms with van der Waals surface area (Å²) in [5.41, 5.74) is 1.49. The molecule has 3 amide bonds. The number of para-hydroxylation sites is 1. The molecule has 0 aromatic heterocycles. The van der Waals surface area contributed by atoms with Gasteiger partial charge in [0.2, 0.25) is 0 Å². The first-order valence-electron chi connectivity index (χ1n) is 8.23. The number of rotatable bonds is 3. The van der Waals surface area contributed by atoms with Gasteiger partial charge in [-0.25, -0.2) is 13.2 Å². The first-order chi connectivity index (χ1) is 12.3. The SMILES string of the molecule is COc1ccccc1C1NC(=O)NC(C)=C1C(=O)N1CCS(=O)(=O)CC1. The van der Waals surface area contributed by atoms with Crippen LogP contribution < -0.4 is 15.4 Å². The van der Waals surface area contributed by atoms with Crippen LogP contribution in [0.4, 0.5) is 4.79 Å². The number of nitrogens with zero attached hydrogens (tertiary/aromatic N) is 1. The van der Waals surface area contributed by atoms with E-state index in [9.17, 15) is 18.0 Å². The monoisotopic (exact) mass is 379 g/mol. The Bertz CT molecular complexity index is 864. The van der Waals surface area contributed by atoms with Crippen LogP contribution >= 0.6 is 0 Å². The summed E-state index contributed by atoms with van der Waals surface area (Å²) in [7, 11) is -1.57. The summed E-state index contributed by atoms with van der Waals surface area (Å²) >= 11 is 0. The molecule has 0 spiro atoms. The predicted molar refractivity (Wildman–Crippen MR) is 95.3 cm³/mol. The third kappa shape index (κ3) is 3.52. The van der Waals surface area contributed by atoms with Crippen molar-refractivity contribution in [1.29, 1.82) is 0 Å². The lowest BCUT2D eigenvalue weighted by Gasteiger charge is -2.34.